The third-order valence-electron chi connectivity index (χ3n) is 3.30. The van der Waals surface area contributed by atoms with Gasteiger partial charge in [-0.2, -0.15) is 0 Å². The van der Waals surface area contributed by atoms with Crippen molar-refractivity contribution >= 4 is 11.9 Å². The monoisotopic (exact) mass is 225 g/mol. The van der Waals surface area contributed by atoms with Crippen molar-refractivity contribution in [2.45, 2.75) is 38.3 Å². The summed E-state index contributed by atoms with van der Waals surface area (Å²) in [6, 6.07) is 0.154. The van der Waals surface area contributed by atoms with Crippen molar-refractivity contribution in [2.24, 2.45) is 0 Å². The van der Waals surface area contributed by atoms with Crippen LogP contribution in [0.5, 0.6) is 0 Å². The molecule has 0 aromatic carbocycles. The largest absolute Gasteiger partial charge is 0.478 e. The number of carboxylic acid groups (broad SMARTS) is 1. The summed E-state index contributed by atoms with van der Waals surface area (Å²) in [5.74, 6) is -1.54. The molecule has 1 spiro atoms. The maximum Gasteiger partial charge on any atom is 0.336 e. The van der Waals surface area contributed by atoms with Gasteiger partial charge in [-0.1, -0.05) is 0 Å². The van der Waals surface area contributed by atoms with Gasteiger partial charge < -0.3 is 15.2 Å². The van der Waals surface area contributed by atoms with Crippen molar-refractivity contribution in [2.75, 3.05) is 6.54 Å². The standard InChI is InChI=1S/C11H15NO4/c1-6-5-11(3-4-12-6)8(9(13)14)7(2)10(15)16-11/h6,12H,3-5H2,1-2H3,(H,13,14). The van der Waals surface area contributed by atoms with Crippen molar-refractivity contribution in [3.8, 4) is 0 Å². The molecule has 2 atom stereocenters. The van der Waals surface area contributed by atoms with Gasteiger partial charge in [-0.3, -0.25) is 0 Å². The molecule has 2 aliphatic rings. The first kappa shape index (κ1) is 11.1. The zero-order valence-corrected chi connectivity index (χ0v) is 9.37. The number of nitrogens with one attached hydrogen (secondary N) is 1. The lowest BCUT2D eigenvalue weighted by molar-refractivity contribution is -0.151. The molecule has 2 aliphatic heterocycles. The summed E-state index contributed by atoms with van der Waals surface area (Å²) < 4.78 is 5.31. The number of carbonyl (C=O) groups is 2. The predicted molar refractivity (Wildman–Crippen MR) is 55.9 cm³/mol. The SMILES string of the molecule is CC1=C(C(=O)O)C2(CCNC(C)C2)OC1=O. The Kier molecular flexibility index (Phi) is 2.50. The molecule has 0 saturated carbocycles. The molecule has 0 aromatic heterocycles. The Hall–Kier alpha value is -1.36. The molecule has 88 valence electrons. The molecule has 2 N–H and O–H groups in total. The lowest BCUT2D eigenvalue weighted by Crippen LogP contribution is -2.49. The fraction of sp³-hybridized carbons (Fsp3) is 0.636. The van der Waals surface area contributed by atoms with E-state index in [2.05, 4.69) is 5.32 Å². The van der Waals surface area contributed by atoms with E-state index in [4.69, 9.17) is 4.74 Å². The van der Waals surface area contributed by atoms with Gasteiger partial charge in [-0.25, -0.2) is 9.59 Å². The van der Waals surface area contributed by atoms with Crippen molar-refractivity contribution < 1.29 is 19.4 Å². The van der Waals surface area contributed by atoms with Crippen LogP contribution in [0.15, 0.2) is 11.1 Å². The maximum atomic E-state index is 11.5. The van der Waals surface area contributed by atoms with Crippen LogP contribution in [0.1, 0.15) is 26.7 Å². The number of carboxylic acids is 1. The molecule has 2 heterocycles. The molecular weight excluding hydrogens is 210 g/mol. The van der Waals surface area contributed by atoms with E-state index >= 15 is 0 Å². The van der Waals surface area contributed by atoms with Crippen molar-refractivity contribution in [3.05, 3.63) is 11.1 Å². The molecule has 0 bridgehead atoms. The average Bonchev–Trinajstić information content (AvgIpc) is 2.37. The van der Waals surface area contributed by atoms with Gasteiger partial charge >= 0.3 is 11.9 Å². The van der Waals surface area contributed by atoms with Crippen LogP contribution < -0.4 is 5.32 Å². The summed E-state index contributed by atoms with van der Waals surface area (Å²) in [7, 11) is 0. The van der Waals surface area contributed by atoms with Gasteiger partial charge in [-0.15, -0.1) is 0 Å². The third kappa shape index (κ3) is 1.51. The summed E-state index contributed by atoms with van der Waals surface area (Å²) in [5.41, 5.74) is -0.523. The first-order valence-corrected chi connectivity index (χ1v) is 5.38. The Morgan fingerprint density at radius 3 is 2.88 bits per heavy atom. The van der Waals surface area contributed by atoms with Gasteiger partial charge in [0.05, 0.1) is 5.57 Å². The minimum absolute atomic E-state index is 0.144. The molecule has 0 aromatic rings. The van der Waals surface area contributed by atoms with Crippen LogP contribution in [0.2, 0.25) is 0 Å². The van der Waals surface area contributed by atoms with Crippen molar-refractivity contribution in [3.63, 3.8) is 0 Å². The molecule has 1 fully saturated rings. The molecule has 5 nitrogen and oxygen atoms in total. The summed E-state index contributed by atoms with van der Waals surface area (Å²) in [6.07, 6.45) is 1.06. The van der Waals surface area contributed by atoms with Crippen LogP contribution in [-0.2, 0) is 14.3 Å². The molecule has 16 heavy (non-hydrogen) atoms. The van der Waals surface area contributed by atoms with Crippen LogP contribution in [-0.4, -0.2) is 35.2 Å². The van der Waals surface area contributed by atoms with E-state index in [1.807, 2.05) is 6.92 Å². The van der Waals surface area contributed by atoms with Crippen LogP contribution in [0.25, 0.3) is 0 Å². The summed E-state index contributed by atoms with van der Waals surface area (Å²) in [5, 5.41) is 12.4. The minimum Gasteiger partial charge on any atom is -0.478 e. The van der Waals surface area contributed by atoms with E-state index in [9.17, 15) is 14.7 Å². The highest BCUT2D eigenvalue weighted by molar-refractivity contribution is 6.04. The average molecular weight is 225 g/mol. The van der Waals surface area contributed by atoms with Gasteiger partial charge in [-0.05, 0) is 20.4 Å². The maximum absolute atomic E-state index is 11.5. The van der Waals surface area contributed by atoms with E-state index < -0.39 is 17.5 Å². The highest BCUT2D eigenvalue weighted by atomic mass is 16.6. The minimum atomic E-state index is -1.04. The first-order valence-electron chi connectivity index (χ1n) is 5.38. The van der Waals surface area contributed by atoms with E-state index in [1.165, 1.54) is 6.92 Å². The van der Waals surface area contributed by atoms with Crippen LogP contribution in [0.4, 0.5) is 0 Å². The molecular formula is C11H15NO4. The van der Waals surface area contributed by atoms with Gasteiger partial charge in [0, 0.05) is 24.5 Å². The first-order chi connectivity index (χ1) is 7.46. The Balaban J connectivity index is 2.41. The molecule has 0 radical (unpaired) electrons. The Morgan fingerprint density at radius 1 is 1.62 bits per heavy atom. The molecule has 5 heteroatoms. The second-order valence-electron chi connectivity index (χ2n) is 4.50. The molecule has 0 aliphatic carbocycles. The topological polar surface area (TPSA) is 75.6 Å². The highest BCUT2D eigenvalue weighted by Crippen LogP contribution is 2.40. The molecule has 0 amide bonds. The number of ether oxygens (including phenoxy) is 1. The number of esters is 1. The van der Waals surface area contributed by atoms with Crippen LogP contribution in [0, 0.1) is 0 Å². The number of hydrogen-bond donors (Lipinski definition) is 2. The zero-order valence-electron chi connectivity index (χ0n) is 9.37. The molecule has 1 saturated heterocycles. The summed E-state index contributed by atoms with van der Waals surface area (Å²) >= 11 is 0. The quantitative estimate of drug-likeness (QED) is 0.634. The van der Waals surface area contributed by atoms with Crippen molar-refractivity contribution in [1.29, 1.82) is 0 Å². The van der Waals surface area contributed by atoms with E-state index in [0.29, 0.717) is 19.4 Å². The Bertz CT molecular complexity index is 387. The lowest BCUT2D eigenvalue weighted by atomic mass is 9.81. The number of piperidine rings is 1. The van der Waals surface area contributed by atoms with Gasteiger partial charge in [0.25, 0.3) is 0 Å². The summed E-state index contributed by atoms with van der Waals surface area (Å²) in [6.45, 7) is 4.15. The summed E-state index contributed by atoms with van der Waals surface area (Å²) in [4.78, 5) is 22.7. The van der Waals surface area contributed by atoms with Gasteiger partial charge in [0.1, 0.15) is 5.60 Å². The van der Waals surface area contributed by atoms with Crippen LogP contribution in [0.3, 0.4) is 0 Å². The third-order valence-corrected chi connectivity index (χ3v) is 3.30. The number of carbonyl (C=O) groups excluding carboxylic acids is 1. The Labute approximate surface area is 93.5 Å². The smallest absolute Gasteiger partial charge is 0.336 e. The van der Waals surface area contributed by atoms with Crippen LogP contribution >= 0.6 is 0 Å². The fourth-order valence-corrected chi connectivity index (χ4v) is 2.61. The number of rotatable bonds is 1. The second-order valence-corrected chi connectivity index (χ2v) is 4.50. The zero-order chi connectivity index (χ0) is 11.9. The van der Waals surface area contributed by atoms with Crippen molar-refractivity contribution in [1.82, 2.24) is 5.32 Å². The molecule has 2 rings (SSSR count). The van der Waals surface area contributed by atoms with Gasteiger partial charge in [0.15, 0.2) is 0 Å². The Morgan fingerprint density at radius 2 is 2.31 bits per heavy atom. The fourth-order valence-electron chi connectivity index (χ4n) is 2.61. The number of aliphatic carboxylic acids is 1. The van der Waals surface area contributed by atoms with E-state index in [-0.39, 0.29) is 17.2 Å². The van der Waals surface area contributed by atoms with Gasteiger partial charge in [0.2, 0.25) is 0 Å². The normalized spacial score (nSPS) is 34.4. The lowest BCUT2D eigenvalue weighted by Gasteiger charge is -2.36. The van der Waals surface area contributed by atoms with E-state index in [1.54, 1.807) is 0 Å². The van der Waals surface area contributed by atoms with E-state index in [0.717, 1.165) is 0 Å². The molecule has 2 unspecified atom stereocenters. The number of hydrogen-bond acceptors (Lipinski definition) is 4. The highest BCUT2D eigenvalue weighted by Gasteiger charge is 2.51. The predicted octanol–water partition coefficient (Wildman–Crippen LogP) is 0.455. The second kappa shape index (κ2) is 3.59.